The summed E-state index contributed by atoms with van der Waals surface area (Å²) in [6, 6.07) is 10.6. The molecule has 1 amide bonds. The van der Waals surface area contributed by atoms with Crippen LogP contribution in [0.4, 0.5) is 13.2 Å². The predicted octanol–water partition coefficient (Wildman–Crippen LogP) is 3.20. The molecule has 2 fully saturated rings. The Kier molecular flexibility index (Phi) is 7.10. The fourth-order valence-corrected chi connectivity index (χ4v) is 4.46. The molecule has 1 aromatic carbocycles. The molecule has 1 aromatic heterocycles. The van der Waals surface area contributed by atoms with Crippen molar-refractivity contribution in [2.24, 2.45) is 5.41 Å². The van der Waals surface area contributed by atoms with Gasteiger partial charge in [0.25, 0.3) is 5.91 Å². The molecule has 4 rings (SSSR count). The van der Waals surface area contributed by atoms with E-state index in [2.05, 4.69) is 21.3 Å². The third kappa shape index (κ3) is 5.48. The third-order valence-electron chi connectivity index (χ3n) is 6.63. The summed E-state index contributed by atoms with van der Waals surface area (Å²) in [5.41, 5.74) is 4.30. The second kappa shape index (κ2) is 10.0. The van der Waals surface area contributed by atoms with Crippen LogP contribution >= 0.6 is 0 Å². The first-order valence-electron chi connectivity index (χ1n) is 11.1. The van der Waals surface area contributed by atoms with Gasteiger partial charge in [0.1, 0.15) is 6.67 Å². The molecule has 8 heteroatoms. The SMILES string of the molecule is O=C(NC(CF)Cc1ccc(-c2ccc(CN3CCC4(CC3)CNC4)nc2)cc1)C(F)F. The number of amides is 1. The molecule has 2 aliphatic rings. The van der Waals surface area contributed by atoms with Gasteiger partial charge in [-0.05, 0) is 55.0 Å². The highest BCUT2D eigenvalue weighted by molar-refractivity contribution is 5.79. The van der Waals surface area contributed by atoms with Gasteiger partial charge < -0.3 is 10.6 Å². The van der Waals surface area contributed by atoms with Gasteiger partial charge in [-0.3, -0.25) is 14.7 Å². The number of aromatic nitrogens is 1. The maximum Gasteiger partial charge on any atom is 0.315 e. The van der Waals surface area contributed by atoms with Crippen molar-refractivity contribution in [1.29, 1.82) is 0 Å². The Morgan fingerprint density at radius 3 is 2.31 bits per heavy atom. The highest BCUT2D eigenvalue weighted by Gasteiger charge is 2.39. The summed E-state index contributed by atoms with van der Waals surface area (Å²) in [5.74, 6) is -1.44. The molecule has 0 aliphatic carbocycles. The summed E-state index contributed by atoms with van der Waals surface area (Å²) in [5, 5.41) is 5.42. The van der Waals surface area contributed by atoms with Gasteiger partial charge in [-0.1, -0.05) is 30.3 Å². The molecule has 32 heavy (non-hydrogen) atoms. The van der Waals surface area contributed by atoms with Crippen molar-refractivity contribution >= 4 is 5.91 Å². The molecule has 5 nitrogen and oxygen atoms in total. The van der Waals surface area contributed by atoms with Crippen LogP contribution in [0.1, 0.15) is 24.1 Å². The molecule has 1 spiro atoms. The minimum Gasteiger partial charge on any atom is -0.345 e. The standard InChI is InChI=1S/C24H29F3N4O/c25-12-21(30-23(32)22(26)27)11-17-1-3-18(4-2-17)19-5-6-20(29-13-19)14-31-9-7-24(8-10-31)15-28-16-24/h1-6,13,21-22,28H,7-12,14-16H2,(H,30,32). The Morgan fingerprint density at radius 2 is 1.78 bits per heavy atom. The van der Waals surface area contributed by atoms with E-state index in [0.717, 1.165) is 55.1 Å². The highest BCUT2D eigenvalue weighted by atomic mass is 19.3. The van der Waals surface area contributed by atoms with Gasteiger partial charge in [-0.2, -0.15) is 8.78 Å². The van der Waals surface area contributed by atoms with Crippen molar-refractivity contribution in [1.82, 2.24) is 20.5 Å². The van der Waals surface area contributed by atoms with Crippen LogP contribution < -0.4 is 10.6 Å². The number of carbonyl (C=O) groups is 1. The zero-order valence-electron chi connectivity index (χ0n) is 18.0. The van der Waals surface area contributed by atoms with E-state index in [1.807, 2.05) is 41.8 Å². The normalized spacial score (nSPS) is 19.0. The molecular formula is C24H29F3N4O. The number of piperidine rings is 1. The highest BCUT2D eigenvalue weighted by Crippen LogP contribution is 2.35. The van der Waals surface area contributed by atoms with Crippen molar-refractivity contribution in [3.8, 4) is 11.1 Å². The number of hydrogen-bond acceptors (Lipinski definition) is 4. The van der Waals surface area contributed by atoms with Gasteiger partial charge >= 0.3 is 6.43 Å². The smallest absolute Gasteiger partial charge is 0.315 e. The van der Waals surface area contributed by atoms with Crippen molar-refractivity contribution in [3.05, 3.63) is 53.9 Å². The number of alkyl halides is 3. The average Bonchev–Trinajstić information content (AvgIpc) is 2.79. The number of pyridine rings is 1. The lowest BCUT2D eigenvalue weighted by Gasteiger charge is -2.48. The summed E-state index contributed by atoms with van der Waals surface area (Å²) in [6.07, 6.45) is 1.37. The van der Waals surface area contributed by atoms with E-state index >= 15 is 0 Å². The maximum atomic E-state index is 13.1. The molecule has 2 aliphatic heterocycles. The van der Waals surface area contributed by atoms with E-state index in [-0.39, 0.29) is 6.42 Å². The fourth-order valence-electron chi connectivity index (χ4n) is 4.46. The van der Waals surface area contributed by atoms with E-state index in [9.17, 15) is 18.0 Å². The molecule has 3 heterocycles. The summed E-state index contributed by atoms with van der Waals surface area (Å²) < 4.78 is 37.8. The summed E-state index contributed by atoms with van der Waals surface area (Å²) in [4.78, 5) is 18.2. The van der Waals surface area contributed by atoms with E-state index in [4.69, 9.17) is 0 Å². The van der Waals surface area contributed by atoms with Gasteiger partial charge in [0.15, 0.2) is 0 Å². The first kappa shape index (κ1) is 22.7. The maximum absolute atomic E-state index is 13.1. The molecular weight excluding hydrogens is 417 g/mol. The topological polar surface area (TPSA) is 57.3 Å². The lowest BCUT2D eigenvalue weighted by atomic mass is 9.73. The van der Waals surface area contributed by atoms with E-state index < -0.39 is 25.0 Å². The second-order valence-electron chi connectivity index (χ2n) is 8.98. The summed E-state index contributed by atoms with van der Waals surface area (Å²) in [7, 11) is 0. The summed E-state index contributed by atoms with van der Waals surface area (Å²) >= 11 is 0. The predicted molar refractivity (Wildman–Crippen MR) is 117 cm³/mol. The van der Waals surface area contributed by atoms with Crippen molar-refractivity contribution in [3.63, 3.8) is 0 Å². The van der Waals surface area contributed by atoms with Crippen LogP contribution in [0.5, 0.6) is 0 Å². The monoisotopic (exact) mass is 446 g/mol. The van der Waals surface area contributed by atoms with Gasteiger partial charge in [-0.15, -0.1) is 0 Å². The molecule has 2 aromatic rings. The largest absolute Gasteiger partial charge is 0.345 e. The molecule has 0 bridgehead atoms. The first-order valence-corrected chi connectivity index (χ1v) is 11.1. The van der Waals surface area contributed by atoms with Gasteiger partial charge in [-0.25, -0.2) is 4.39 Å². The lowest BCUT2D eigenvalue weighted by molar-refractivity contribution is -0.132. The molecule has 1 unspecified atom stereocenters. The van der Waals surface area contributed by atoms with E-state index in [1.165, 1.54) is 12.8 Å². The fraction of sp³-hybridized carbons (Fsp3) is 0.500. The van der Waals surface area contributed by atoms with Crippen molar-refractivity contribution in [2.45, 2.75) is 38.3 Å². The molecule has 2 N–H and O–H groups in total. The Hall–Kier alpha value is -2.45. The third-order valence-corrected chi connectivity index (χ3v) is 6.63. The first-order chi connectivity index (χ1) is 15.5. The molecule has 172 valence electrons. The van der Waals surface area contributed by atoms with E-state index in [0.29, 0.717) is 5.41 Å². The zero-order chi connectivity index (χ0) is 22.6. The number of rotatable bonds is 8. The number of benzene rings is 1. The Morgan fingerprint density at radius 1 is 1.09 bits per heavy atom. The van der Waals surface area contributed by atoms with Crippen LogP contribution in [0.25, 0.3) is 11.1 Å². The Bertz CT molecular complexity index is 890. The van der Waals surface area contributed by atoms with Gasteiger partial charge in [0.2, 0.25) is 0 Å². The number of nitrogens with one attached hydrogen (secondary N) is 2. The van der Waals surface area contributed by atoms with Crippen LogP contribution in [-0.4, -0.2) is 61.1 Å². The molecule has 0 radical (unpaired) electrons. The van der Waals surface area contributed by atoms with Crippen LogP contribution in [-0.2, 0) is 17.8 Å². The molecule has 0 saturated carbocycles. The number of halogens is 3. The number of nitrogens with zero attached hydrogens (tertiary/aromatic N) is 2. The quantitative estimate of drug-likeness (QED) is 0.654. The Balaban J connectivity index is 1.30. The van der Waals surface area contributed by atoms with Crippen molar-refractivity contribution in [2.75, 3.05) is 32.9 Å². The minimum atomic E-state index is -3.14. The number of likely N-dealkylation sites (tertiary alicyclic amines) is 1. The van der Waals surface area contributed by atoms with Crippen LogP contribution in [0, 0.1) is 5.41 Å². The van der Waals surface area contributed by atoms with Crippen LogP contribution in [0.15, 0.2) is 42.6 Å². The van der Waals surface area contributed by atoms with Crippen LogP contribution in [0.2, 0.25) is 0 Å². The number of carbonyl (C=O) groups excluding carboxylic acids is 1. The zero-order valence-corrected chi connectivity index (χ0v) is 18.0. The van der Waals surface area contributed by atoms with Gasteiger partial charge in [0, 0.05) is 31.4 Å². The minimum absolute atomic E-state index is 0.152. The van der Waals surface area contributed by atoms with Crippen molar-refractivity contribution < 1.29 is 18.0 Å². The van der Waals surface area contributed by atoms with Crippen LogP contribution in [0.3, 0.4) is 0 Å². The Labute approximate surface area is 186 Å². The van der Waals surface area contributed by atoms with E-state index in [1.54, 1.807) is 0 Å². The molecule has 1 atom stereocenters. The van der Waals surface area contributed by atoms with Gasteiger partial charge in [0.05, 0.1) is 11.7 Å². The molecule has 2 saturated heterocycles. The second-order valence-corrected chi connectivity index (χ2v) is 8.98. The average molecular weight is 447 g/mol. The number of hydrogen-bond donors (Lipinski definition) is 2. The lowest BCUT2D eigenvalue weighted by Crippen LogP contribution is -2.58. The summed E-state index contributed by atoms with van der Waals surface area (Å²) in [6.45, 7) is 4.50.